The van der Waals surface area contributed by atoms with E-state index in [1.165, 1.54) is 10.6 Å². The minimum atomic E-state index is -1.40. The third-order valence-corrected chi connectivity index (χ3v) is 3.32. The van der Waals surface area contributed by atoms with E-state index in [-0.39, 0.29) is 12.2 Å². The Kier molecular flexibility index (Phi) is 7.37. The van der Waals surface area contributed by atoms with Gasteiger partial charge in [-0.2, -0.15) is 4.90 Å². The topological polar surface area (TPSA) is 104 Å². The van der Waals surface area contributed by atoms with E-state index in [2.05, 4.69) is 0 Å². The number of hydrogen-bond donors (Lipinski definition) is 0. The molecule has 0 aromatic carbocycles. The minimum Gasteiger partial charge on any atom is -0.467 e. The predicted octanol–water partition coefficient (Wildman–Crippen LogP) is 3.01. The summed E-state index contributed by atoms with van der Waals surface area (Å²) in [6.07, 6.45) is 0.0238. The smallest absolute Gasteiger partial charge is 0.420 e. The van der Waals surface area contributed by atoms with Gasteiger partial charge in [-0.1, -0.05) is 0 Å². The van der Waals surface area contributed by atoms with Crippen LogP contribution in [0.1, 0.15) is 52.0 Å². The van der Waals surface area contributed by atoms with Crippen molar-refractivity contribution in [1.29, 1.82) is 0 Å². The van der Waals surface area contributed by atoms with Crippen molar-refractivity contribution in [2.75, 3.05) is 7.11 Å². The van der Waals surface area contributed by atoms with Crippen molar-refractivity contribution in [2.24, 2.45) is 0 Å². The van der Waals surface area contributed by atoms with Gasteiger partial charge in [0.1, 0.15) is 11.2 Å². The average Bonchev–Trinajstić information content (AvgIpc) is 2.97. The lowest BCUT2D eigenvalue weighted by Crippen LogP contribution is -2.53. The Bertz CT molecular complexity index is 697. The van der Waals surface area contributed by atoms with Gasteiger partial charge >= 0.3 is 18.2 Å². The largest absolute Gasteiger partial charge is 0.467 e. The van der Waals surface area contributed by atoms with E-state index in [9.17, 15) is 19.2 Å². The van der Waals surface area contributed by atoms with E-state index in [1.807, 2.05) is 0 Å². The summed E-state index contributed by atoms with van der Waals surface area (Å²) in [5.74, 6) is -0.859. The second-order valence-corrected chi connectivity index (χ2v) is 8.07. The van der Waals surface area contributed by atoms with E-state index < -0.39 is 35.4 Å². The van der Waals surface area contributed by atoms with Crippen LogP contribution in [0.3, 0.4) is 0 Å². The molecule has 0 aliphatic carbocycles. The molecule has 1 heterocycles. The van der Waals surface area contributed by atoms with Crippen LogP contribution >= 0.6 is 0 Å². The van der Waals surface area contributed by atoms with Gasteiger partial charge < -0.3 is 18.8 Å². The van der Waals surface area contributed by atoms with E-state index in [0.29, 0.717) is 11.2 Å². The number of ether oxygens (including phenoxy) is 3. The summed E-state index contributed by atoms with van der Waals surface area (Å²) in [5, 5.41) is 0. The highest BCUT2D eigenvalue weighted by Crippen LogP contribution is 2.19. The first-order chi connectivity index (χ1) is 12.8. The lowest BCUT2D eigenvalue weighted by molar-refractivity contribution is -0.147. The molecule has 9 heteroatoms. The maximum Gasteiger partial charge on any atom is 0.420 e. The summed E-state index contributed by atoms with van der Waals surface area (Å²) in [4.78, 5) is 49.7. The first-order valence-electron chi connectivity index (χ1n) is 8.72. The quantitative estimate of drug-likeness (QED) is 0.428. The van der Waals surface area contributed by atoms with Gasteiger partial charge in [0.15, 0.2) is 12.3 Å². The van der Waals surface area contributed by atoms with Crippen LogP contribution in [0.4, 0.5) is 9.59 Å². The summed E-state index contributed by atoms with van der Waals surface area (Å²) in [6, 6.07) is 1.73. The van der Waals surface area contributed by atoms with Crippen molar-refractivity contribution in [2.45, 2.75) is 65.3 Å². The molecule has 156 valence electrons. The Labute approximate surface area is 164 Å². The molecule has 0 radical (unpaired) electrons. The van der Waals surface area contributed by atoms with E-state index >= 15 is 0 Å². The molecule has 28 heavy (non-hydrogen) atoms. The molecule has 0 saturated carbocycles. The molecule has 9 nitrogen and oxygen atoms in total. The molecular weight excluding hydrogens is 368 g/mol. The number of esters is 1. The third kappa shape index (κ3) is 6.71. The molecule has 0 aliphatic rings. The second-order valence-electron chi connectivity index (χ2n) is 8.07. The SMILES string of the molecule is COC(=O)[C@H](Cn1cccc1C=O)N(C(=O)OC(C)(C)C)C(=O)OC(C)(C)C. The Morgan fingerprint density at radius 1 is 1.07 bits per heavy atom. The van der Waals surface area contributed by atoms with Crippen LogP contribution in [-0.2, 0) is 25.5 Å². The van der Waals surface area contributed by atoms with Crippen LogP contribution in [0.5, 0.6) is 0 Å². The summed E-state index contributed by atoms with van der Waals surface area (Å²) < 4.78 is 16.8. The highest BCUT2D eigenvalue weighted by Gasteiger charge is 2.41. The number of carbonyl (C=O) groups excluding carboxylic acids is 4. The summed E-state index contributed by atoms with van der Waals surface area (Å²) in [6.45, 7) is 9.56. The highest BCUT2D eigenvalue weighted by molar-refractivity contribution is 5.94. The van der Waals surface area contributed by atoms with Gasteiger partial charge in [-0.05, 0) is 53.7 Å². The zero-order valence-corrected chi connectivity index (χ0v) is 17.3. The molecule has 2 amide bonds. The summed E-state index contributed by atoms with van der Waals surface area (Å²) >= 11 is 0. The number of methoxy groups -OCH3 is 1. The van der Waals surface area contributed by atoms with Gasteiger partial charge in [0.2, 0.25) is 0 Å². The molecule has 0 spiro atoms. The fraction of sp³-hybridized carbons (Fsp3) is 0.579. The summed E-state index contributed by atoms with van der Waals surface area (Å²) in [5.41, 5.74) is -1.57. The number of aldehydes is 1. The molecule has 0 N–H and O–H groups in total. The Hall–Kier alpha value is -2.84. The van der Waals surface area contributed by atoms with Crippen molar-refractivity contribution in [3.05, 3.63) is 24.0 Å². The molecule has 1 atom stereocenters. The van der Waals surface area contributed by atoms with E-state index in [1.54, 1.807) is 53.8 Å². The molecular formula is C19H28N2O7. The van der Waals surface area contributed by atoms with Crippen molar-refractivity contribution in [3.8, 4) is 0 Å². The molecule has 0 unspecified atom stereocenters. The van der Waals surface area contributed by atoms with Crippen LogP contribution in [0.25, 0.3) is 0 Å². The maximum atomic E-state index is 12.7. The van der Waals surface area contributed by atoms with Gasteiger partial charge in [-0.3, -0.25) is 4.79 Å². The standard InChI is InChI=1S/C19H28N2O7/c1-18(2,3)27-16(24)21(17(25)28-19(4,5)6)14(15(23)26-7)11-20-10-8-9-13(20)12-22/h8-10,12,14H,11H2,1-7H3/t14-/m0/s1. The van der Waals surface area contributed by atoms with Crippen LogP contribution in [0.2, 0.25) is 0 Å². The molecule has 0 fully saturated rings. The predicted molar refractivity (Wildman–Crippen MR) is 99.9 cm³/mol. The number of imide groups is 1. The zero-order valence-electron chi connectivity index (χ0n) is 17.3. The van der Waals surface area contributed by atoms with E-state index in [4.69, 9.17) is 14.2 Å². The minimum absolute atomic E-state index is 0.202. The number of hydrogen-bond acceptors (Lipinski definition) is 7. The number of rotatable bonds is 5. The van der Waals surface area contributed by atoms with E-state index in [0.717, 1.165) is 7.11 Å². The van der Waals surface area contributed by atoms with Gasteiger partial charge in [0.05, 0.1) is 19.3 Å². The molecule has 0 bridgehead atoms. The van der Waals surface area contributed by atoms with Gasteiger partial charge in [0, 0.05) is 6.20 Å². The monoisotopic (exact) mass is 396 g/mol. The van der Waals surface area contributed by atoms with Crippen LogP contribution in [0, 0.1) is 0 Å². The zero-order chi connectivity index (χ0) is 21.7. The molecule has 0 aliphatic heterocycles. The fourth-order valence-electron chi connectivity index (χ4n) is 2.24. The average molecular weight is 396 g/mol. The Morgan fingerprint density at radius 2 is 1.57 bits per heavy atom. The van der Waals surface area contributed by atoms with Crippen LogP contribution < -0.4 is 0 Å². The van der Waals surface area contributed by atoms with Crippen LogP contribution in [0.15, 0.2) is 18.3 Å². The fourth-order valence-corrected chi connectivity index (χ4v) is 2.24. The maximum absolute atomic E-state index is 12.7. The Morgan fingerprint density at radius 3 is 1.96 bits per heavy atom. The van der Waals surface area contributed by atoms with Crippen LogP contribution in [-0.4, -0.2) is 58.3 Å². The first-order valence-corrected chi connectivity index (χ1v) is 8.72. The van der Waals surface area contributed by atoms with Crippen molar-refractivity contribution >= 4 is 24.4 Å². The third-order valence-electron chi connectivity index (χ3n) is 3.32. The number of aromatic nitrogens is 1. The van der Waals surface area contributed by atoms with Gasteiger partial charge in [0.25, 0.3) is 0 Å². The Balaban J connectivity index is 3.36. The van der Waals surface area contributed by atoms with Crippen molar-refractivity contribution in [3.63, 3.8) is 0 Å². The van der Waals surface area contributed by atoms with Crippen molar-refractivity contribution < 1.29 is 33.4 Å². The number of nitrogens with zero attached hydrogens (tertiary/aromatic N) is 2. The number of carbonyl (C=O) groups is 4. The van der Waals surface area contributed by atoms with Crippen molar-refractivity contribution in [1.82, 2.24) is 9.47 Å². The first kappa shape index (κ1) is 23.2. The number of amides is 2. The summed E-state index contributed by atoms with van der Waals surface area (Å²) in [7, 11) is 1.13. The van der Waals surface area contributed by atoms with Gasteiger partial charge in [-0.25, -0.2) is 14.4 Å². The lowest BCUT2D eigenvalue weighted by atomic mass is 10.2. The second kappa shape index (κ2) is 8.90. The highest BCUT2D eigenvalue weighted by atomic mass is 16.6. The molecule has 0 saturated heterocycles. The lowest BCUT2D eigenvalue weighted by Gasteiger charge is -2.32. The van der Waals surface area contributed by atoms with Gasteiger partial charge in [-0.15, -0.1) is 0 Å². The molecule has 1 aromatic rings. The molecule has 1 rings (SSSR count). The molecule has 1 aromatic heterocycles. The normalized spacial score (nSPS) is 12.7.